The van der Waals surface area contributed by atoms with E-state index in [0.717, 1.165) is 36.6 Å². The second-order valence-electron chi connectivity index (χ2n) is 5.32. The van der Waals surface area contributed by atoms with Gasteiger partial charge in [-0.1, -0.05) is 19.9 Å². The standard InChI is InChI=1S/C16H23N3OS/c1-3-16(4-2,12-20)11-17-9-13-10-19-15(21-13)14-7-5-6-8-18-14/h5-8,10,17,20H,3-4,9,11-12H2,1-2H3. The van der Waals surface area contributed by atoms with Gasteiger partial charge in [0.15, 0.2) is 0 Å². The van der Waals surface area contributed by atoms with E-state index in [1.165, 1.54) is 4.88 Å². The zero-order valence-electron chi connectivity index (χ0n) is 12.7. The van der Waals surface area contributed by atoms with Gasteiger partial charge in [-0.3, -0.25) is 4.98 Å². The molecule has 5 heteroatoms. The van der Waals surface area contributed by atoms with Crippen molar-refractivity contribution in [3.8, 4) is 10.7 Å². The third-order valence-electron chi connectivity index (χ3n) is 4.07. The van der Waals surface area contributed by atoms with E-state index in [4.69, 9.17) is 0 Å². The van der Waals surface area contributed by atoms with Crippen LogP contribution in [0.5, 0.6) is 0 Å². The molecular weight excluding hydrogens is 282 g/mol. The van der Waals surface area contributed by atoms with Crippen LogP contribution in [0.4, 0.5) is 0 Å². The van der Waals surface area contributed by atoms with Gasteiger partial charge in [-0.25, -0.2) is 4.98 Å². The molecule has 0 aliphatic rings. The Morgan fingerprint density at radius 1 is 1.24 bits per heavy atom. The predicted molar refractivity (Wildman–Crippen MR) is 87.2 cm³/mol. The minimum Gasteiger partial charge on any atom is -0.396 e. The van der Waals surface area contributed by atoms with Gasteiger partial charge in [-0.2, -0.15) is 0 Å². The van der Waals surface area contributed by atoms with Gasteiger partial charge in [-0.15, -0.1) is 11.3 Å². The Morgan fingerprint density at radius 2 is 2.05 bits per heavy atom. The monoisotopic (exact) mass is 305 g/mol. The van der Waals surface area contributed by atoms with Crippen molar-refractivity contribution >= 4 is 11.3 Å². The number of aliphatic hydroxyl groups is 1. The lowest BCUT2D eigenvalue weighted by molar-refractivity contribution is 0.113. The quantitative estimate of drug-likeness (QED) is 0.787. The van der Waals surface area contributed by atoms with Crippen LogP contribution >= 0.6 is 11.3 Å². The molecule has 0 saturated heterocycles. The van der Waals surface area contributed by atoms with Gasteiger partial charge in [0.05, 0.1) is 5.69 Å². The highest BCUT2D eigenvalue weighted by Crippen LogP contribution is 2.26. The molecule has 0 aliphatic carbocycles. The second kappa shape index (κ2) is 7.64. The zero-order valence-corrected chi connectivity index (χ0v) is 13.5. The zero-order chi connectivity index (χ0) is 15.1. The second-order valence-corrected chi connectivity index (χ2v) is 6.43. The number of pyridine rings is 1. The van der Waals surface area contributed by atoms with E-state index in [2.05, 4.69) is 29.1 Å². The van der Waals surface area contributed by atoms with Crippen molar-refractivity contribution < 1.29 is 5.11 Å². The van der Waals surface area contributed by atoms with Crippen LogP contribution in [0.2, 0.25) is 0 Å². The van der Waals surface area contributed by atoms with Crippen LogP contribution in [0.25, 0.3) is 10.7 Å². The van der Waals surface area contributed by atoms with Gasteiger partial charge in [0.25, 0.3) is 0 Å². The summed E-state index contributed by atoms with van der Waals surface area (Å²) in [5, 5.41) is 14.0. The summed E-state index contributed by atoms with van der Waals surface area (Å²) in [5.41, 5.74) is 0.912. The molecular formula is C16H23N3OS. The third kappa shape index (κ3) is 4.09. The number of nitrogens with zero attached hydrogens (tertiary/aromatic N) is 2. The van der Waals surface area contributed by atoms with Crippen molar-refractivity contribution in [2.45, 2.75) is 33.2 Å². The van der Waals surface area contributed by atoms with Crippen LogP contribution < -0.4 is 5.32 Å². The van der Waals surface area contributed by atoms with Crippen LogP contribution in [0.15, 0.2) is 30.6 Å². The number of nitrogens with one attached hydrogen (secondary N) is 1. The van der Waals surface area contributed by atoms with Crippen molar-refractivity contribution in [1.82, 2.24) is 15.3 Å². The average Bonchev–Trinajstić information content (AvgIpc) is 3.02. The summed E-state index contributed by atoms with van der Waals surface area (Å²) in [6.45, 7) is 6.11. The van der Waals surface area contributed by atoms with Crippen LogP contribution in [0, 0.1) is 5.41 Å². The van der Waals surface area contributed by atoms with Crippen LogP contribution in [0.3, 0.4) is 0 Å². The Balaban J connectivity index is 1.92. The molecule has 2 N–H and O–H groups in total. The van der Waals surface area contributed by atoms with Gasteiger partial charge < -0.3 is 10.4 Å². The molecule has 2 aromatic rings. The SMILES string of the molecule is CCC(CC)(CO)CNCc1cnc(-c2ccccn2)s1. The number of hydrogen-bond donors (Lipinski definition) is 2. The first-order chi connectivity index (χ1) is 10.2. The minimum absolute atomic E-state index is 0.00545. The topological polar surface area (TPSA) is 58.0 Å². The van der Waals surface area contributed by atoms with E-state index < -0.39 is 0 Å². The average molecular weight is 305 g/mol. The summed E-state index contributed by atoms with van der Waals surface area (Å²) in [4.78, 5) is 9.93. The minimum atomic E-state index is -0.00545. The molecule has 0 amide bonds. The van der Waals surface area contributed by atoms with Crippen molar-refractivity contribution in [1.29, 1.82) is 0 Å². The molecule has 2 aromatic heterocycles. The number of rotatable bonds is 8. The molecule has 0 unspecified atom stereocenters. The summed E-state index contributed by atoms with van der Waals surface area (Å²) in [6, 6.07) is 5.85. The Labute approximate surface area is 130 Å². The van der Waals surface area contributed by atoms with Crippen molar-refractivity contribution in [2.75, 3.05) is 13.2 Å². The highest BCUT2D eigenvalue weighted by atomic mass is 32.1. The van der Waals surface area contributed by atoms with E-state index >= 15 is 0 Å². The van der Waals surface area contributed by atoms with Gasteiger partial charge in [0.2, 0.25) is 0 Å². The van der Waals surface area contributed by atoms with Crippen LogP contribution in [0.1, 0.15) is 31.6 Å². The van der Waals surface area contributed by atoms with E-state index in [9.17, 15) is 5.11 Å². The Bertz CT molecular complexity index is 529. The molecule has 0 atom stereocenters. The molecule has 0 radical (unpaired) electrons. The number of thiazole rings is 1. The highest BCUT2D eigenvalue weighted by molar-refractivity contribution is 7.14. The van der Waals surface area contributed by atoms with Gasteiger partial charge in [-0.05, 0) is 25.0 Å². The summed E-state index contributed by atoms with van der Waals surface area (Å²) in [5.74, 6) is 0. The van der Waals surface area contributed by atoms with Gasteiger partial charge in [0, 0.05) is 42.4 Å². The van der Waals surface area contributed by atoms with Crippen molar-refractivity contribution in [3.63, 3.8) is 0 Å². The summed E-state index contributed by atoms with van der Waals surface area (Å²) in [6.07, 6.45) is 5.65. The maximum absolute atomic E-state index is 9.57. The lowest BCUT2D eigenvalue weighted by atomic mass is 9.83. The normalized spacial score (nSPS) is 11.8. The van der Waals surface area contributed by atoms with Crippen molar-refractivity contribution in [2.24, 2.45) is 5.41 Å². The molecule has 0 saturated carbocycles. The fourth-order valence-corrected chi connectivity index (χ4v) is 3.09. The number of hydrogen-bond acceptors (Lipinski definition) is 5. The summed E-state index contributed by atoms with van der Waals surface area (Å²) in [7, 11) is 0. The molecule has 0 aromatic carbocycles. The Hall–Kier alpha value is -1.30. The third-order valence-corrected chi connectivity index (χ3v) is 5.09. The fourth-order valence-electron chi connectivity index (χ4n) is 2.23. The van der Waals surface area contributed by atoms with Gasteiger partial charge >= 0.3 is 0 Å². The molecule has 0 fully saturated rings. The summed E-state index contributed by atoms with van der Waals surface area (Å²) < 4.78 is 0. The lowest BCUT2D eigenvalue weighted by Crippen LogP contribution is -2.36. The maximum atomic E-state index is 9.57. The molecule has 2 heterocycles. The highest BCUT2D eigenvalue weighted by Gasteiger charge is 2.24. The van der Waals surface area contributed by atoms with Gasteiger partial charge in [0.1, 0.15) is 5.01 Å². The van der Waals surface area contributed by atoms with E-state index in [1.807, 2.05) is 24.4 Å². The lowest BCUT2D eigenvalue weighted by Gasteiger charge is -2.29. The smallest absolute Gasteiger partial charge is 0.142 e. The predicted octanol–water partition coefficient (Wildman–Crippen LogP) is 3.09. The van der Waals surface area contributed by atoms with E-state index in [1.54, 1.807) is 17.5 Å². The molecule has 4 nitrogen and oxygen atoms in total. The molecule has 0 aliphatic heterocycles. The van der Waals surface area contributed by atoms with E-state index in [-0.39, 0.29) is 12.0 Å². The maximum Gasteiger partial charge on any atom is 0.142 e. The Morgan fingerprint density at radius 3 is 2.67 bits per heavy atom. The first kappa shape index (κ1) is 16.1. The summed E-state index contributed by atoms with van der Waals surface area (Å²) >= 11 is 1.66. The largest absolute Gasteiger partial charge is 0.396 e. The molecule has 0 spiro atoms. The molecule has 2 rings (SSSR count). The molecule has 0 bridgehead atoms. The fraction of sp³-hybridized carbons (Fsp3) is 0.500. The first-order valence-corrected chi connectivity index (χ1v) is 8.22. The number of aromatic nitrogens is 2. The molecule has 114 valence electrons. The molecule has 21 heavy (non-hydrogen) atoms. The first-order valence-electron chi connectivity index (χ1n) is 7.40. The van der Waals surface area contributed by atoms with Crippen LogP contribution in [-0.2, 0) is 6.54 Å². The van der Waals surface area contributed by atoms with Crippen LogP contribution in [-0.4, -0.2) is 28.2 Å². The van der Waals surface area contributed by atoms with E-state index in [0.29, 0.717) is 0 Å². The number of aliphatic hydroxyl groups excluding tert-OH is 1. The Kier molecular flexibility index (Phi) is 5.85. The van der Waals surface area contributed by atoms with Crippen molar-refractivity contribution in [3.05, 3.63) is 35.5 Å².